The molecule has 0 unspecified atom stereocenters. The highest BCUT2D eigenvalue weighted by Crippen LogP contribution is 2.40. The molecule has 0 atom stereocenters. The average molecular weight is 660 g/mol. The molecule has 0 radical (unpaired) electrons. The van der Waals surface area contributed by atoms with E-state index >= 15 is 0 Å². The summed E-state index contributed by atoms with van der Waals surface area (Å²) in [7, 11) is 0. The SMILES string of the molecule is CC(C)(C)c1ccc(-n2c(-c3cc(-c4cc(C(C)(C)C)cc5c(C(C)(C)C)ccnc45)ccn3)nc3c(-c4ccccc4O)cncc32)cc1. The summed E-state index contributed by atoms with van der Waals surface area (Å²) in [5, 5.41) is 12.0. The van der Waals surface area contributed by atoms with Crippen molar-refractivity contribution in [3.8, 4) is 45.2 Å². The van der Waals surface area contributed by atoms with Gasteiger partial charge in [-0.2, -0.15) is 0 Å². The third-order valence-electron chi connectivity index (χ3n) is 9.57. The minimum absolute atomic E-state index is 0.0130. The summed E-state index contributed by atoms with van der Waals surface area (Å²) in [4.78, 5) is 19.8. The molecule has 6 heteroatoms. The fraction of sp³-hybridized carbons (Fsp3) is 0.273. The molecule has 0 aliphatic heterocycles. The van der Waals surface area contributed by atoms with E-state index in [0.717, 1.165) is 44.6 Å². The molecule has 50 heavy (non-hydrogen) atoms. The Morgan fingerprint density at radius 1 is 0.600 bits per heavy atom. The smallest absolute Gasteiger partial charge is 0.164 e. The second-order valence-corrected chi connectivity index (χ2v) is 16.3. The van der Waals surface area contributed by atoms with Crippen molar-refractivity contribution in [2.24, 2.45) is 0 Å². The summed E-state index contributed by atoms with van der Waals surface area (Å²) < 4.78 is 2.13. The van der Waals surface area contributed by atoms with E-state index in [1.165, 1.54) is 22.1 Å². The Morgan fingerprint density at radius 3 is 1.98 bits per heavy atom. The first-order chi connectivity index (χ1) is 23.6. The van der Waals surface area contributed by atoms with Gasteiger partial charge in [-0.25, -0.2) is 4.98 Å². The lowest BCUT2D eigenvalue weighted by atomic mass is 9.80. The van der Waals surface area contributed by atoms with Gasteiger partial charge < -0.3 is 5.11 Å². The third kappa shape index (κ3) is 5.93. The van der Waals surface area contributed by atoms with Crippen LogP contribution in [0.25, 0.3) is 61.4 Å². The molecule has 1 N–H and O–H groups in total. The lowest BCUT2D eigenvalue weighted by Crippen LogP contribution is -2.15. The van der Waals surface area contributed by atoms with E-state index in [9.17, 15) is 5.11 Å². The predicted octanol–water partition coefficient (Wildman–Crippen LogP) is 11.0. The highest BCUT2D eigenvalue weighted by atomic mass is 16.3. The van der Waals surface area contributed by atoms with Gasteiger partial charge in [0.1, 0.15) is 17.0 Å². The average Bonchev–Trinajstić information content (AvgIpc) is 3.47. The second-order valence-electron chi connectivity index (χ2n) is 16.3. The van der Waals surface area contributed by atoms with Crippen molar-refractivity contribution in [3.63, 3.8) is 0 Å². The molecule has 3 aromatic carbocycles. The Bertz CT molecular complexity index is 2380. The first kappa shape index (κ1) is 33.2. The number of para-hydroxylation sites is 1. The van der Waals surface area contributed by atoms with Crippen LogP contribution in [0.15, 0.2) is 104 Å². The number of fused-ring (bicyclic) bond motifs is 2. The fourth-order valence-electron chi connectivity index (χ4n) is 6.72. The lowest BCUT2D eigenvalue weighted by molar-refractivity contribution is 0.477. The quantitative estimate of drug-likeness (QED) is 0.203. The number of aromatic nitrogens is 5. The molecule has 4 aromatic heterocycles. The van der Waals surface area contributed by atoms with Crippen molar-refractivity contribution in [1.29, 1.82) is 0 Å². The van der Waals surface area contributed by atoms with Crippen molar-refractivity contribution in [1.82, 2.24) is 24.5 Å². The number of benzene rings is 3. The second kappa shape index (κ2) is 11.9. The molecule has 0 bridgehead atoms. The van der Waals surface area contributed by atoms with Gasteiger partial charge in [0.2, 0.25) is 0 Å². The van der Waals surface area contributed by atoms with Gasteiger partial charge in [0, 0.05) is 46.4 Å². The molecule has 0 spiro atoms. The van der Waals surface area contributed by atoms with Crippen LogP contribution >= 0.6 is 0 Å². The maximum atomic E-state index is 10.9. The first-order valence-corrected chi connectivity index (χ1v) is 17.3. The fourth-order valence-corrected chi connectivity index (χ4v) is 6.72. The number of phenolic OH excluding ortho intramolecular Hbond substituents is 1. The van der Waals surface area contributed by atoms with Crippen LogP contribution in [0.4, 0.5) is 0 Å². The molecule has 6 nitrogen and oxygen atoms in total. The molecule has 0 fully saturated rings. The van der Waals surface area contributed by atoms with Gasteiger partial charge >= 0.3 is 0 Å². The summed E-state index contributed by atoms with van der Waals surface area (Å²) in [5.74, 6) is 0.870. The summed E-state index contributed by atoms with van der Waals surface area (Å²) in [5.41, 5.74) is 11.4. The summed E-state index contributed by atoms with van der Waals surface area (Å²) in [6.07, 6.45) is 7.41. The summed E-state index contributed by atoms with van der Waals surface area (Å²) in [6.45, 7) is 20.2. The van der Waals surface area contributed by atoms with Crippen LogP contribution in [0.2, 0.25) is 0 Å². The minimum Gasteiger partial charge on any atom is -0.507 e. The maximum Gasteiger partial charge on any atom is 0.164 e. The van der Waals surface area contributed by atoms with Crippen molar-refractivity contribution < 1.29 is 5.11 Å². The first-order valence-electron chi connectivity index (χ1n) is 17.3. The van der Waals surface area contributed by atoms with Crippen LogP contribution in [-0.4, -0.2) is 29.6 Å². The molecule has 4 heterocycles. The number of rotatable bonds is 4. The van der Waals surface area contributed by atoms with Crippen LogP contribution < -0.4 is 0 Å². The topological polar surface area (TPSA) is 76.7 Å². The molecule has 0 aliphatic carbocycles. The predicted molar refractivity (Wildman–Crippen MR) is 206 cm³/mol. The standard InChI is InChI=1S/C44H45N5O/c1-42(2,3)28-14-16-30(17-15-28)49-37-26-45-25-34(31-12-10-11-13-38(31)50)40(37)48-41(49)36-22-27(18-20-46-36)32-23-29(43(4,5)6)24-33-35(44(7,8)9)19-21-47-39(32)33/h10-26,50H,1-9H3. The van der Waals surface area contributed by atoms with Crippen molar-refractivity contribution in [2.45, 2.75) is 78.6 Å². The third-order valence-corrected chi connectivity index (χ3v) is 9.57. The molecule has 0 amide bonds. The zero-order chi connectivity index (χ0) is 35.6. The van der Waals surface area contributed by atoms with E-state index in [1.54, 1.807) is 12.3 Å². The van der Waals surface area contributed by atoms with Gasteiger partial charge in [-0.15, -0.1) is 0 Å². The summed E-state index contributed by atoms with van der Waals surface area (Å²) in [6, 6.07) is 26.9. The highest BCUT2D eigenvalue weighted by Gasteiger charge is 2.25. The molecule has 0 saturated carbocycles. The van der Waals surface area contributed by atoms with E-state index in [2.05, 4.69) is 126 Å². The van der Waals surface area contributed by atoms with Crippen molar-refractivity contribution in [2.75, 3.05) is 0 Å². The van der Waals surface area contributed by atoms with E-state index in [4.69, 9.17) is 15.0 Å². The molecule has 0 aliphatic rings. The Morgan fingerprint density at radius 2 is 1.30 bits per heavy atom. The van der Waals surface area contributed by atoms with Crippen molar-refractivity contribution >= 4 is 21.9 Å². The monoisotopic (exact) mass is 659 g/mol. The van der Waals surface area contributed by atoms with Crippen LogP contribution in [-0.2, 0) is 16.2 Å². The molecular weight excluding hydrogens is 615 g/mol. The number of nitrogens with zero attached hydrogens (tertiary/aromatic N) is 5. The molecule has 0 saturated heterocycles. The number of imidazole rings is 1. The van der Waals surface area contributed by atoms with Gasteiger partial charge in [-0.3, -0.25) is 19.5 Å². The van der Waals surface area contributed by atoms with Crippen molar-refractivity contribution in [3.05, 3.63) is 120 Å². The zero-order valence-corrected chi connectivity index (χ0v) is 30.5. The van der Waals surface area contributed by atoms with E-state index in [-0.39, 0.29) is 22.0 Å². The van der Waals surface area contributed by atoms with E-state index in [1.807, 2.05) is 36.8 Å². The Kier molecular flexibility index (Phi) is 7.89. The van der Waals surface area contributed by atoms with Crippen LogP contribution in [0.3, 0.4) is 0 Å². The largest absolute Gasteiger partial charge is 0.507 e. The van der Waals surface area contributed by atoms with Crippen LogP contribution in [0.5, 0.6) is 5.75 Å². The lowest BCUT2D eigenvalue weighted by Gasteiger charge is -2.25. The zero-order valence-electron chi connectivity index (χ0n) is 30.5. The normalized spacial score (nSPS) is 12.6. The Hall–Kier alpha value is -5.36. The maximum absolute atomic E-state index is 10.9. The van der Waals surface area contributed by atoms with Gasteiger partial charge in [-0.1, -0.05) is 92.6 Å². The molecule has 7 aromatic rings. The molecule has 252 valence electrons. The number of phenols is 1. The Balaban J connectivity index is 1.50. The van der Waals surface area contributed by atoms with Crippen LogP contribution in [0, 0.1) is 0 Å². The van der Waals surface area contributed by atoms with E-state index < -0.39 is 0 Å². The Labute approximate surface area is 294 Å². The number of hydrogen-bond acceptors (Lipinski definition) is 5. The number of hydrogen-bond donors (Lipinski definition) is 1. The summed E-state index contributed by atoms with van der Waals surface area (Å²) >= 11 is 0. The molecular formula is C44H45N5O. The number of pyridine rings is 3. The van der Waals surface area contributed by atoms with E-state index in [0.29, 0.717) is 11.4 Å². The highest BCUT2D eigenvalue weighted by molar-refractivity contribution is 5.98. The van der Waals surface area contributed by atoms with Crippen LogP contribution in [0.1, 0.15) is 79.0 Å². The van der Waals surface area contributed by atoms with Gasteiger partial charge in [0.15, 0.2) is 5.82 Å². The number of aromatic hydroxyl groups is 1. The van der Waals surface area contributed by atoms with Gasteiger partial charge in [-0.05, 0) is 87.0 Å². The van der Waals surface area contributed by atoms with Gasteiger partial charge in [0.05, 0.1) is 17.2 Å². The van der Waals surface area contributed by atoms with Gasteiger partial charge in [0.25, 0.3) is 0 Å². The minimum atomic E-state index is -0.0661. The molecule has 7 rings (SSSR count).